The van der Waals surface area contributed by atoms with Gasteiger partial charge in [0.1, 0.15) is 0 Å². The highest BCUT2D eigenvalue weighted by Gasteiger charge is 2.21. The van der Waals surface area contributed by atoms with Crippen molar-refractivity contribution in [1.29, 1.82) is 0 Å². The Kier molecular flexibility index (Phi) is 5.08. The minimum atomic E-state index is -0.234. The SMILES string of the molecule is CCC1CCCCN1CCNC(=O)c1nc2nc(C)cc(C)n2n1. The summed E-state index contributed by atoms with van der Waals surface area (Å²) in [7, 11) is 0. The lowest BCUT2D eigenvalue weighted by Crippen LogP contribution is -2.43. The van der Waals surface area contributed by atoms with E-state index in [-0.39, 0.29) is 11.7 Å². The lowest BCUT2D eigenvalue weighted by Gasteiger charge is -2.35. The topological polar surface area (TPSA) is 75.4 Å². The lowest BCUT2D eigenvalue weighted by molar-refractivity contribution is 0.0924. The molecule has 1 aliphatic rings. The van der Waals surface area contributed by atoms with E-state index in [1.54, 1.807) is 4.52 Å². The summed E-state index contributed by atoms with van der Waals surface area (Å²) in [6.45, 7) is 8.71. The second-order valence-corrected chi connectivity index (χ2v) is 6.54. The minimum Gasteiger partial charge on any atom is -0.348 e. The molecule has 2 aromatic rings. The molecule has 0 radical (unpaired) electrons. The van der Waals surface area contributed by atoms with E-state index >= 15 is 0 Å². The third kappa shape index (κ3) is 3.56. The number of aromatic nitrogens is 4. The number of hydrogen-bond acceptors (Lipinski definition) is 5. The standard InChI is InChI=1S/C17H26N6O/c1-4-14-7-5-6-9-22(14)10-8-18-16(24)15-20-17-19-12(2)11-13(3)23(17)21-15/h11,14H,4-10H2,1-3H3,(H,18,24). The molecule has 24 heavy (non-hydrogen) atoms. The van der Waals surface area contributed by atoms with Gasteiger partial charge in [0.05, 0.1) is 0 Å². The summed E-state index contributed by atoms with van der Waals surface area (Å²) >= 11 is 0. The molecular weight excluding hydrogens is 304 g/mol. The van der Waals surface area contributed by atoms with Gasteiger partial charge in [-0.3, -0.25) is 9.69 Å². The fraction of sp³-hybridized carbons (Fsp3) is 0.647. The van der Waals surface area contributed by atoms with Crippen LogP contribution in [0.15, 0.2) is 6.07 Å². The van der Waals surface area contributed by atoms with Gasteiger partial charge in [-0.25, -0.2) is 9.50 Å². The highest BCUT2D eigenvalue weighted by atomic mass is 16.2. The lowest BCUT2D eigenvalue weighted by atomic mass is 10.0. The summed E-state index contributed by atoms with van der Waals surface area (Å²) < 4.78 is 1.61. The van der Waals surface area contributed by atoms with Crippen LogP contribution in [0.3, 0.4) is 0 Å². The Hall–Kier alpha value is -2.02. The summed E-state index contributed by atoms with van der Waals surface area (Å²) in [5.41, 5.74) is 1.79. The molecule has 1 aliphatic heterocycles. The maximum atomic E-state index is 12.3. The number of carbonyl (C=O) groups excluding carboxylic acids is 1. The van der Waals surface area contributed by atoms with Crippen molar-refractivity contribution in [2.24, 2.45) is 0 Å². The summed E-state index contributed by atoms with van der Waals surface area (Å²) in [4.78, 5) is 23.4. The van der Waals surface area contributed by atoms with Crippen molar-refractivity contribution in [3.63, 3.8) is 0 Å². The number of carbonyl (C=O) groups is 1. The van der Waals surface area contributed by atoms with E-state index < -0.39 is 0 Å². The van der Waals surface area contributed by atoms with Gasteiger partial charge in [0.25, 0.3) is 11.7 Å². The highest BCUT2D eigenvalue weighted by molar-refractivity contribution is 5.90. The van der Waals surface area contributed by atoms with Gasteiger partial charge >= 0.3 is 0 Å². The van der Waals surface area contributed by atoms with Gasteiger partial charge in [-0.1, -0.05) is 13.3 Å². The molecule has 1 N–H and O–H groups in total. The van der Waals surface area contributed by atoms with Crippen LogP contribution in [0.4, 0.5) is 0 Å². The molecule has 3 heterocycles. The van der Waals surface area contributed by atoms with Crippen molar-refractivity contribution in [3.8, 4) is 0 Å². The Labute approximate surface area is 142 Å². The molecule has 1 amide bonds. The molecule has 0 saturated carbocycles. The molecule has 1 saturated heterocycles. The van der Waals surface area contributed by atoms with Crippen molar-refractivity contribution in [3.05, 3.63) is 23.3 Å². The highest BCUT2D eigenvalue weighted by Crippen LogP contribution is 2.18. The van der Waals surface area contributed by atoms with Crippen molar-refractivity contribution in [2.45, 2.75) is 52.5 Å². The molecule has 0 bridgehead atoms. The van der Waals surface area contributed by atoms with Crippen LogP contribution in [0, 0.1) is 13.8 Å². The van der Waals surface area contributed by atoms with Crippen LogP contribution in [0.2, 0.25) is 0 Å². The number of aryl methyl sites for hydroxylation is 2. The van der Waals surface area contributed by atoms with Crippen molar-refractivity contribution >= 4 is 11.7 Å². The zero-order valence-electron chi connectivity index (χ0n) is 14.7. The Morgan fingerprint density at radius 3 is 2.96 bits per heavy atom. The van der Waals surface area contributed by atoms with Crippen LogP contribution in [-0.2, 0) is 0 Å². The molecule has 1 fully saturated rings. The fourth-order valence-electron chi connectivity index (χ4n) is 3.47. The first kappa shape index (κ1) is 16.8. The summed E-state index contributed by atoms with van der Waals surface area (Å²) in [5.74, 6) is 0.421. The van der Waals surface area contributed by atoms with Gasteiger partial charge in [0.2, 0.25) is 5.82 Å². The summed E-state index contributed by atoms with van der Waals surface area (Å²) in [5, 5.41) is 7.21. The van der Waals surface area contributed by atoms with E-state index in [1.165, 1.54) is 25.7 Å². The Morgan fingerprint density at radius 1 is 1.33 bits per heavy atom. The normalized spacial score (nSPS) is 18.9. The van der Waals surface area contributed by atoms with Crippen LogP contribution < -0.4 is 5.32 Å². The molecule has 130 valence electrons. The smallest absolute Gasteiger partial charge is 0.291 e. The first-order chi connectivity index (χ1) is 11.6. The average Bonchev–Trinajstić information content (AvgIpc) is 2.99. The molecule has 0 spiro atoms. The number of fused-ring (bicyclic) bond motifs is 1. The maximum Gasteiger partial charge on any atom is 0.291 e. The van der Waals surface area contributed by atoms with E-state index in [4.69, 9.17) is 0 Å². The van der Waals surface area contributed by atoms with Gasteiger partial charge in [0.15, 0.2) is 0 Å². The van der Waals surface area contributed by atoms with Crippen molar-refractivity contribution in [2.75, 3.05) is 19.6 Å². The van der Waals surface area contributed by atoms with Crippen LogP contribution in [0.5, 0.6) is 0 Å². The van der Waals surface area contributed by atoms with Crippen molar-refractivity contribution < 1.29 is 4.79 Å². The molecule has 1 atom stereocenters. The number of amides is 1. The zero-order valence-corrected chi connectivity index (χ0v) is 14.7. The summed E-state index contributed by atoms with van der Waals surface area (Å²) in [6.07, 6.45) is 5.01. The molecule has 3 rings (SSSR count). The van der Waals surface area contributed by atoms with Gasteiger partial charge in [0, 0.05) is 30.5 Å². The predicted molar refractivity (Wildman–Crippen MR) is 92.1 cm³/mol. The zero-order chi connectivity index (χ0) is 17.1. The van der Waals surface area contributed by atoms with Gasteiger partial charge < -0.3 is 5.32 Å². The predicted octanol–water partition coefficient (Wildman–Crippen LogP) is 1.74. The number of rotatable bonds is 5. The first-order valence-electron chi connectivity index (χ1n) is 8.81. The molecular formula is C17H26N6O. The number of piperidine rings is 1. The van der Waals surface area contributed by atoms with Gasteiger partial charge in [-0.15, -0.1) is 5.10 Å². The number of hydrogen-bond donors (Lipinski definition) is 1. The molecule has 2 aromatic heterocycles. The Balaban J connectivity index is 1.60. The molecule has 1 unspecified atom stereocenters. The van der Waals surface area contributed by atoms with Crippen LogP contribution in [0.25, 0.3) is 5.78 Å². The third-order valence-electron chi connectivity index (χ3n) is 4.73. The Bertz CT molecular complexity index is 725. The van der Waals surface area contributed by atoms with E-state index in [9.17, 15) is 4.79 Å². The minimum absolute atomic E-state index is 0.182. The molecule has 0 aromatic carbocycles. The average molecular weight is 330 g/mol. The maximum absolute atomic E-state index is 12.3. The van der Waals surface area contributed by atoms with Gasteiger partial charge in [-0.05, 0) is 45.7 Å². The second kappa shape index (κ2) is 7.25. The molecule has 7 nitrogen and oxygen atoms in total. The second-order valence-electron chi connectivity index (χ2n) is 6.54. The summed E-state index contributed by atoms with van der Waals surface area (Å²) in [6, 6.07) is 2.57. The fourth-order valence-corrected chi connectivity index (χ4v) is 3.47. The van der Waals surface area contributed by atoms with Crippen LogP contribution in [0.1, 0.15) is 54.6 Å². The van der Waals surface area contributed by atoms with Crippen molar-refractivity contribution in [1.82, 2.24) is 29.8 Å². The van der Waals surface area contributed by atoms with E-state index in [1.807, 2.05) is 19.9 Å². The van der Waals surface area contributed by atoms with E-state index in [0.29, 0.717) is 18.4 Å². The largest absolute Gasteiger partial charge is 0.348 e. The number of likely N-dealkylation sites (tertiary alicyclic amines) is 1. The van der Waals surface area contributed by atoms with E-state index in [0.717, 1.165) is 24.5 Å². The number of nitrogens with one attached hydrogen (secondary N) is 1. The van der Waals surface area contributed by atoms with E-state index in [2.05, 4.69) is 32.2 Å². The van der Waals surface area contributed by atoms with Crippen LogP contribution >= 0.6 is 0 Å². The first-order valence-corrected chi connectivity index (χ1v) is 8.81. The molecule has 0 aliphatic carbocycles. The van der Waals surface area contributed by atoms with Gasteiger partial charge in [-0.2, -0.15) is 4.98 Å². The molecule has 7 heteroatoms. The monoisotopic (exact) mass is 330 g/mol. The Morgan fingerprint density at radius 2 is 2.17 bits per heavy atom. The van der Waals surface area contributed by atoms with Crippen LogP contribution in [-0.4, -0.2) is 56.1 Å². The quantitative estimate of drug-likeness (QED) is 0.904. The third-order valence-corrected chi connectivity index (χ3v) is 4.73. The number of nitrogens with zero attached hydrogens (tertiary/aromatic N) is 5.